The Morgan fingerprint density at radius 3 is 2.39 bits per heavy atom. The second kappa shape index (κ2) is 10.6. The molecule has 0 heterocycles. The fourth-order valence-electron chi connectivity index (χ4n) is 2.78. The zero-order valence-corrected chi connectivity index (χ0v) is 18.0. The molecule has 0 aliphatic rings. The van der Waals surface area contributed by atoms with E-state index in [1.807, 2.05) is 19.1 Å². The fraction of sp³-hybridized carbons (Fsp3) is 0.0833. The van der Waals surface area contributed by atoms with Gasteiger partial charge in [0.15, 0.2) is 0 Å². The van der Waals surface area contributed by atoms with E-state index in [2.05, 4.69) is 21.2 Å². The number of amides is 3. The Morgan fingerprint density at radius 2 is 1.67 bits per heavy atom. The molecule has 0 aromatic heterocycles. The molecule has 9 nitrogen and oxygen atoms in total. The number of aryl methyl sites for hydroxylation is 1. The average Bonchev–Trinajstić information content (AvgIpc) is 2.82. The SMILES string of the molecule is COc1ccc(O)c(C=NNC(=O)C(=O)Nc2ccccc2C(=O)Nc2ccc(C)cc2)c1. The minimum absolute atomic E-state index is 0.0771. The van der Waals surface area contributed by atoms with Gasteiger partial charge in [-0.3, -0.25) is 14.4 Å². The van der Waals surface area contributed by atoms with Gasteiger partial charge in [-0.1, -0.05) is 29.8 Å². The van der Waals surface area contributed by atoms with Crippen LogP contribution in [0.25, 0.3) is 0 Å². The van der Waals surface area contributed by atoms with Gasteiger partial charge in [0.25, 0.3) is 5.91 Å². The van der Waals surface area contributed by atoms with E-state index in [1.165, 1.54) is 37.6 Å². The largest absolute Gasteiger partial charge is 0.507 e. The highest BCUT2D eigenvalue weighted by molar-refractivity contribution is 6.40. The molecule has 3 aromatic carbocycles. The highest BCUT2D eigenvalue weighted by atomic mass is 16.5. The van der Waals surface area contributed by atoms with Crippen molar-refractivity contribution in [3.05, 3.63) is 83.4 Å². The number of ether oxygens (including phenoxy) is 1. The first-order valence-electron chi connectivity index (χ1n) is 9.86. The molecule has 3 amide bonds. The van der Waals surface area contributed by atoms with E-state index >= 15 is 0 Å². The molecule has 0 saturated carbocycles. The van der Waals surface area contributed by atoms with E-state index in [4.69, 9.17) is 4.74 Å². The maximum absolute atomic E-state index is 12.7. The summed E-state index contributed by atoms with van der Waals surface area (Å²) in [4.78, 5) is 37.1. The van der Waals surface area contributed by atoms with Crippen molar-refractivity contribution in [2.45, 2.75) is 6.92 Å². The molecule has 168 valence electrons. The van der Waals surface area contributed by atoms with Gasteiger partial charge in [-0.15, -0.1) is 0 Å². The summed E-state index contributed by atoms with van der Waals surface area (Å²) in [6.07, 6.45) is 1.17. The van der Waals surface area contributed by atoms with Crippen molar-refractivity contribution in [1.82, 2.24) is 5.43 Å². The predicted molar refractivity (Wildman–Crippen MR) is 125 cm³/mol. The second-order valence-electron chi connectivity index (χ2n) is 6.94. The number of carbonyl (C=O) groups is 3. The first kappa shape index (κ1) is 23.0. The zero-order chi connectivity index (χ0) is 23.8. The van der Waals surface area contributed by atoms with Crippen LogP contribution in [0.1, 0.15) is 21.5 Å². The third kappa shape index (κ3) is 6.17. The molecule has 0 spiro atoms. The van der Waals surface area contributed by atoms with Crippen LogP contribution in [0.3, 0.4) is 0 Å². The molecule has 0 bridgehead atoms. The van der Waals surface area contributed by atoms with E-state index in [1.54, 1.807) is 30.3 Å². The van der Waals surface area contributed by atoms with E-state index in [-0.39, 0.29) is 22.6 Å². The molecule has 4 N–H and O–H groups in total. The van der Waals surface area contributed by atoms with Gasteiger partial charge in [-0.2, -0.15) is 5.10 Å². The van der Waals surface area contributed by atoms with Crippen molar-refractivity contribution in [3.63, 3.8) is 0 Å². The summed E-state index contributed by atoms with van der Waals surface area (Å²) in [5, 5.41) is 18.7. The number of para-hydroxylation sites is 1. The van der Waals surface area contributed by atoms with Crippen molar-refractivity contribution in [2.24, 2.45) is 5.10 Å². The number of rotatable bonds is 6. The number of aromatic hydroxyl groups is 1. The summed E-state index contributed by atoms with van der Waals surface area (Å²) < 4.78 is 5.06. The molecule has 3 aromatic rings. The molecule has 0 unspecified atom stereocenters. The second-order valence-corrected chi connectivity index (χ2v) is 6.94. The van der Waals surface area contributed by atoms with Gasteiger partial charge in [-0.05, 0) is 49.4 Å². The fourth-order valence-corrected chi connectivity index (χ4v) is 2.78. The number of phenols is 1. The van der Waals surface area contributed by atoms with Crippen LogP contribution in [-0.2, 0) is 9.59 Å². The molecule has 9 heteroatoms. The standard InChI is InChI=1S/C24H22N4O5/c1-15-7-9-17(10-8-15)26-22(30)19-5-3-4-6-20(19)27-23(31)24(32)28-25-14-16-13-18(33-2)11-12-21(16)29/h3-14,29H,1-2H3,(H,26,30)(H,27,31)(H,28,32). The van der Waals surface area contributed by atoms with Crippen LogP contribution in [0.15, 0.2) is 71.8 Å². The first-order chi connectivity index (χ1) is 15.9. The number of hydrogen-bond donors (Lipinski definition) is 4. The third-order valence-electron chi connectivity index (χ3n) is 4.54. The van der Waals surface area contributed by atoms with Crippen LogP contribution in [0.4, 0.5) is 11.4 Å². The summed E-state index contributed by atoms with van der Waals surface area (Å²) >= 11 is 0. The number of benzene rings is 3. The normalized spacial score (nSPS) is 10.5. The lowest BCUT2D eigenvalue weighted by molar-refractivity contribution is -0.136. The zero-order valence-electron chi connectivity index (χ0n) is 18.0. The molecule has 0 radical (unpaired) electrons. The Balaban J connectivity index is 1.64. The molecular formula is C24H22N4O5. The van der Waals surface area contributed by atoms with E-state index in [0.29, 0.717) is 11.4 Å². The lowest BCUT2D eigenvalue weighted by Gasteiger charge is -2.11. The van der Waals surface area contributed by atoms with E-state index in [9.17, 15) is 19.5 Å². The lowest BCUT2D eigenvalue weighted by Crippen LogP contribution is -2.33. The quantitative estimate of drug-likeness (QED) is 0.263. The Hall–Kier alpha value is -4.66. The van der Waals surface area contributed by atoms with Crippen LogP contribution in [-0.4, -0.2) is 36.2 Å². The first-order valence-corrected chi connectivity index (χ1v) is 9.86. The maximum Gasteiger partial charge on any atom is 0.329 e. The topological polar surface area (TPSA) is 129 Å². The number of hydrogen-bond acceptors (Lipinski definition) is 6. The number of carbonyl (C=O) groups excluding carboxylic acids is 3. The number of nitrogens with zero attached hydrogens (tertiary/aromatic N) is 1. The summed E-state index contributed by atoms with van der Waals surface area (Å²) in [6, 6.07) is 18.0. The van der Waals surface area contributed by atoms with Gasteiger partial charge in [-0.25, -0.2) is 5.43 Å². The van der Waals surface area contributed by atoms with Gasteiger partial charge in [0.05, 0.1) is 24.6 Å². The monoisotopic (exact) mass is 446 g/mol. The Kier molecular flexibility index (Phi) is 7.38. The van der Waals surface area contributed by atoms with Crippen LogP contribution < -0.4 is 20.8 Å². The van der Waals surface area contributed by atoms with E-state index in [0.717, 1.165) is 5.56 Å². The highest BCUT2D eigenvalue weighted by Crippen LogP contribution is 2.21. The van der Waals surface area contributed by atoms with Crippen molar-refractivity contribution in [2.75, 3.05) is 17.7 Å². The molecule has 33 heavy (non-hydrogen) atoms. The summed E-state index contributed by atoms with van der Waals surface area (Å²) in [6.45, 7) is 1.94. The van der Waals surface area contributed by atoms with Gasteiger partial charge >= 0.3 is 11.8 Å². The number of phenolic OH excluding ortho intramolecular Hbond substituents is 1. The van der Waals surface area contributed by atoms with Crippen LogP contribution in [0, 0.1) is 6.92 Å². The Morgan fingerprint density at radius 1 is 0.939 bits per heavy atom. The van der Waals surface area contributed by atoms with Crippen LogP contribution >= 0.6 is 0 Å². The molecule has 0 saturated heterocycles. The van der Waals surface area contributed by atoms with Crippen LogP contribution in [0.5, 0.6) is 11.5 Å². The summed E-state index contributed by atoms with van der Waals surface area (Å²) in [5.74, 6) is -2.10. The van der Waals surface area contributed by atoms with Gasteiger partial charge in [0.1, 0.15) is 11.5 Å². The number of anilines is 2. The maximum atomic E-state index is 12.7. The average molecular weight is 446 g/mol. The highest BCUT2D eigenvalue weighted by Gasteiger charge is 2.18. The summed E-state index contributed by atoms with van der Waals surface area (Å²) in [5.41, 5.74) is 4.36. The van der Waals surface area contributed by atoms with Crippen molar-refractivity contribution < 1.29 is 24.2 Å². The van der Waals surface area contributed by atoms with Gasteiger partial charge in [0, 0.05) is 11.3 Å². The molecular weight excluding hydrogens is 424 g/mol. The van der Waals surface area contributed by atoms with Crippen LogP contribution in [0.2, 0.25) is 0 Å². The molecule has 0 aliphatic heterocycles. The molecule has 3 rings (SSSR count). The molecule has 0 fully saturated rings. The third-order valence-corrected chi connectivity index (χ3v) is 4.54. The van der Waals surface area contributed by atoms with Crippen molar-refractivity contribution in [3.8, 4) is 11.5 Å². The Bertz CT molecular complexity index is 1210. The minimum Gasteiger partial charge on any atom is -0.507 e. The molecule has 0 aliphatic carbocycles. The molecule has 0 atom stereocenters. The van der Waals surface area contributed by atoms with Crippen molar-refractivity contribution in [1.29, 1.82) is 0 Å². The number of nitrogens with one attached hydrogen (secondary N) is 3. The number of methoxy groups -OCH3 is 1. The van der Waals surface area contributed by atoms with Gasteiger partial charge in [0.2, 0.25) is 0 Å². The number of hydrazone groups is 1. The Labute approximate surface area is 190 Å². The summed E-state index contributed by atoms with van der Waals surface area (Å²) in [7, 11) is 1.47. The predicted octanol–water partition coefficient (Wildman–Crippen LogP) is 3.05. The van der Waals surface area contributed by atoms with Crippen molar-refractivity contribution >= 4 is 35.3 Å². The smallest absolute Gasteiger partial charge is 0.329 e. The van der Waals surface area contributed by atoms with Gasteiger partial charge < -0.3 is 20.5 Å². The van der Waals surface area contributed by atoms with E-state index < -0.39 is 17.7 Å². The lowest BCUT2D eigenvalue weighted by atomic mass is 10.1. The minimum atomic E-state index is -1.05.